The topological polar surface area (TPSA) is 81.5 Å². The largest absolute Gasteiger partial charge is 0.465 e. The molecule has 0 unspecified atom stereocenters. The van der Waals surface area contributed by atoms with E-state index in [0.29, 0.717) is 5.56 Å². The predicted octanol–water partition coefficient (Wildman–Crippen LogP) is 2.11. The number of aromatic nitrogens is 2. The first-order valence-corrected chi connectivity index (χ1v) is 9.29. The maximum absolute atomic E-state index is 13.2. The SMILES string of the molecule is COC(=O)c1ccc(C)c(S(=O)(=O)N(Cc2cnn(C)c2)C(C)C)c1. The van der Waals surface area contributed by atoms with Gasteiger partial charge in [0.2, 0.25) is 10.0 Å². The van der Waals surface area contributed by atoms with Crippen LogP contribution >= 0.6 is 0 Å². The molecule has 0 amide bonds. The zero-order valence-corrected chi connectivity index (χ0v) is 15.9. The van der Waals surface area contributed by atoms with Gasteiger partial charge in [-0.05, 0) is 38.5 Å². The number of methoxy groups -OCH3 is 1. The lowest BCUT2D eigenvalue weighted by molar-refractivity contribution is 0.0600. The standard InChI is InChI=1S/C17H23N3O4S/c1-12(2)20(11-14-9-18-19(4)10-14)25(22,23)16-8-15(17(21)24-5)7-6-13(16)3/h6-10,12H,11H2,1-5H3. The van der Waals surface area contributed by atoms with Gasteiger partial charge in [-0.15, -0.1) is 0 Å². The Balaban J connectivity index is 2.48. The zero-order chi connectivity index (χ0) is 18.8. The lowest BCUT2D eigenvalue weighted by atomic mass is 10.1. The van der Waals surface area contributed by atoms with Crippen molar-refractivity contribution in [1.82, 2.24) is 14.1 Å². The van der Waals surface area contributed by atoms with Crippen LogP contribution in [0.1, 0.15) is 35.3 Å². The highest BCUT2D eigenvalue weighted by Crippen LogP contribution is 2.25. The van der Waals surface area contributed by atoms with Crippen molar-refractivity contribution in [3.8, 4) is 0 Å². The number of benzene rings is 1. The summed E-state index contributed by atoms with van der Waals surface area (Å²) in [5.74, 6) is -0.570. The summed E-state index contributed by atoms with van der Waals surface area (Å²) in [7, 11) is -0.753. The number of sulfonamides is 1. The maximum Gasteiger partial charge on any atom is 0.337 e. The Morgan fingerprint density at radius 1 is 1.36 bits per heavy atom. The van der Waals surface area contributed by atoms with E-state index in [1.165, 1.54) is 17.5 Å². The van der Waals surface area contributed by atoms with Crippen molar-refractivity contribution in [1.29, 1.82) is 0 Å². The molecule has 1 aromatic carbocycles. The van der Waals surface area contributed by atoms with Crippen LogP contribution in [0.5, 0.6) is 0 Å². The van der Waals surface area contributed by atoms with Gasteiger partial charge in [0.25, 0.3) is 0 Å². The van der Waals surface area contributed by atoms with Gasteiger partial charge in [-0.25, -0.2) is 13.2 Å². The van der Waals surface area contributed by atoms with E-state index in [2.05, 4.69) is 5.10 Å². The summed E-state index contributed by atoms with van der Waals surface area (Å²) in [6.45, 7) is 5.53. The third kappa shape index (κ3) is 4.08. The Morgan fingerprint density at radius 3 is 2.56 bits per heavy atom. The molecule has 0 saturated carbocycles. The average Bonchev–Trinajstić information content (AvgIpc) is 2.97. The molecule has 1 aromatic heterocycles. The van der Waals surface area contributed by atoms with Gasteiger partial charge in [-0.2, -0.15) is 9.40 Å². The Kier molecular flexibility index (Phi) is 5.64. The van der Waals surface area contributed by atoms with Crippen LogP contribution in [0, 0.1) is 6.92 Å². The fraction of sp³-hybridized carbons (Fsp3) is 0.412. The first kappa shape index (κ1) is 19.1. The number of carbonyl (C=O) groups excluding carboxylic acids is 1. The number of esters is 1. The molecule has 0 aliphatic heterocycles. The van der Waals surface area contributed by atoms with Gasteiger partial charge in [-0.1, -0.05) is 6.07 Å². The molecule has 2 rings (SSSR count). The minimum Gasteiger partial charge on any atom is -0.465 e. The monoisotopic (exact) mass is 365 g/mol. The van der Waals surface area contributed by atoms with Crippen molar-refractivity contribution in [2.24, 2.45) is 7.05 Å². The van der Waals surface area contributed by atoms with Crippen LogP contribution < -0.4 is 0 Å². The molecule has 7 nitrogen and oxygen atoms in total. The first-order chi connectivity index (χ1) is 11.7. The van der Waals surface area contributed by atoms with Crippen molar-refractivity contribution < 1.29 is 17.9 Å². The molecular formula is C17H23N3O4S. The third-order valence-electron chi connectivity index (χ3n) is 3.87. The predicted molar refractivity (Wildman–Crippen MR) is 93.6 cm³/mol. The lowest BCUT2D eigenvalue weighted by Gasteiger charge is -2.26. The van der Waals surface area contributed by atoms with E-state index < -0.39 is 16.0 Å². The van der Waals surface area contributed by atoms with Gasteiger partial charge in [0, 0.05) is 31.4 Å². The van der Waals surface area contributed by atoms with Crippen molar-refractivity contribution in [3.05, 3.63) is 47.3 Å². The molecule has 0 N–H and O–H groups in total. The summed E-state index contributed by atoms with van der Waals surface area (Å²) in [5, 5.41) is 4.08. The molecule has 0 bridgehead atoms. The smallest absolute Gasteiger partial charge is 0.337 e. The van der Waals surface area contributed by atoms with Crippen molar-refractivity contribution in [2.75, 3.05) is 7.11 Å². The molecule has 1 heterocycles. The third-order valence-corrected chi connectivity index (χ3v) is 6.03. The summed E-state index contributed by atoms with van der Waals surface area (Å²) >= 11 is 0. The van der Waals surface area contributed by atoms with Crippen LogP contribution in [0.3, 0.4) is 0 Å². The number of hydrogen-bond donors (Lipinski definition) is 0. The Morgan fingerprint density at radius 2 is 2.04 bits per heavy atom. The van der Waals surface area contributed by atoms with Crippen molar-refractivity contribution in [2.45, 2.75) is 38.3 Å². The van der Waals surface area contributed by atoms with Crippen LogP contribution in [0.4, 0.5) is 0 Å². The molecule has 0 saturated heterocycles. The van der Waals surface area contributed by atoms with E-state index in [1.54, 1.807) is 43.2 Å². The van der Waals surface area contributed by atoms with Crippen LogP contribution in [0.2, 0.25) is 0 Å². The molecule has 0 fully saturated rings. The Bertz CT molecular complexity index is 872. The maximum atomic E-state index is 13.2. The highest BCUT2D eigenvalue weighted by molar-refractivity contribution is 7.89. The molecule has 0 spiro atoms. The number of carbonyl (C=O) groups is 1. The van der Waals surface area contributed by atoms with Crippen LogP contribution in [-0.2, 0) is 28.4 Å². The van der Waals surface area contributed by atoms with Gasteiger partial charge >= 0.3 is 5.97 Å². The van der Waals surface area contributed by atoms with E-state index in [9.17, 15) is 13.2 Å². The number of rotatable bonds is 6. The second-order valence-electron chi connectivity index (χ2n) is 6.14. The highest BCUT2D eigenvalue weighted by atomic mass is 32.2. The van der Waals surface area contributed by atoms with Crippen LogP contribution in [0.15, 0.2) is 35.5 Å². The number of aryl methyl sites for hydroxylation is 2. The minimum atomic E-state index is -3.80. The van der Waals surface area contributed by atoms with E-state index in [1.807, 2.05) is 13.8 Å². The fourth-order valence-corrected chi connectivity index (χ4v) is 4.41. The molecule has 0 atom stereocenters. The van der Waals surface area contributed by atoms with Gasteiger partial charge in [0.15, 0.2) is 0 Å². The van der Waals surface area contributed by atoms with Gasteiger partial charge in [0.05, 0.1) is 23.8 Å². The summed E-state index contributed by atoms with van der Waals surface area (Å²) in [6.07, 6.45) is 3.42. The van der Waals surface area contributed by atoms with Gasteiger partial charge in [-0.3, -0.25) is 4.68 Å². The summed E-state index contributed by atoms with van der Waals surface area (Å²) < 4.78 is 34.1. The fourth-order valence-electron chi connectivity index (χ4n) is 2.53. The molecule has 8 heteroatoms. The highest BCUT2D eigenvalue weighted by Gasteiger charge is 2.29. The van der Waals surface area contributed by atoms with Gasteiger partial charge in [0.1, 0.15) is 0 Å². The molecule has 136 valence electrons. The Hall–Kier alpha value is -2.19. The average molecular weight is 365 g/mol. The molecule has 25 heavy (non-hydrogen) atoms. The number of hydrogen-bond acceptors (Lipinski definition) is 5. The lowest BCUT2D eigenvalue weighted by Crippen LogP contribution is -2.36. The van der Waals surface area contributed by atoms with Crippen LogP contribution in [-0.4, -0.2) is 41.6 Å². The van der Waals surface area contributed by atoms with Gasteiger partial charge < -0.3 is 4.74 Å². The minimum absolute atomic E-state index is 0.105. The van der Waals surface area contributed by atoms with E-state index in [4.69, 9.17) is 4.74 Å². The second kappa shape index (κ2) is 7.37. The quantitative estimate of drug-likeness (QED) is 0.733. The molecular weight excluding hydrogens is 342 g/mol. The summed E-state index contributed by atoms with van der Waals surface area (Å²) in [5.41, 5.74) is 1.57. The first-order valence-electron chi connectivity index (χ1n) is 7.85. The van der Waals surface area contributed by atoms with E-state index in [0.717, 1.165) is 5.56 Å². The molecule has 0 aliphatic rings. The van der Waals surface area contributed by atoms with Crippen LogP contribution in [0.25, 0.3) is 0 Å². The molecule has 0 aliphatic carbocycles. The van der Waals surface area contributed by atoms with E-state index >= 15 is 0 Å². The zero-order valence-electron chi connectivity index (χ0n) is 15.1. The number of ether oxygens (including phenoxy) is 1. The normalized spacial score (nSPS) is 12.0. The van der Waals surface area contributed by atoms with Crippen molar-refractivity contribution >= 4 is 16.0 Å². The van der Waals surface area contributed by atoms with Crippen molar-refractivity contribution in [3.63, 3.8) is 0 Å². The van der Waals surface area contributed by atoms with E-state index in [-0.39, 0.29) is 23.0 Å². The molecule has 2 aromatic rings. The number of nitrogens with zero attached hydrogens (tertiary/aromatic N) is 3. The summed E-state index contributed by atoms with van der Waals surface area (Å²) in [6, 6.07) is 4.28. The second-order valence-corrected chi connectivity index (χ2v) is 8.00. The Labute approximate surface area is 148 Å². The summed E-state index contributed by atoms with van der Waals surface area (Å²) in [4.78, 5) is 11.9. The molecule has 0 radical (unpaired) electrons.